The van der Waals surface area contributed by atoms with Crippen molar-refractivity contribution in [3.05, 3.63) is 29.8 Å². The summed E-state index contributed by atoms with van der Waals surface area (Å²) in [4.78, 5) is 15.8. The molecule has 0 unspecified atom stereocenters. The molecule has 0 bridgehead atoms. The highest BCUT2D eigenvalue weighted by Crippen LogP contribution is 2.22. The lowest BCUT2D eigenvalue weighted by Crippen LogP contribution is -3.13. The Labute approximate surface area is 149 Å². The average molecular weight is 367 g/mol. The Kier molecular flexibility index (Phi) is 5.64. The summed E-state index contributed by atoms with van der Waals surface area (Å²) in [5.74, 6) is 1.42. The van der Waals surface area contributed by atoms with Crippen molar-refractivity contribution in [2.75, 3.05) is 44.8 Å². The van der Waals surface area contributed by atoms with Crippen LogP contribution in [-0.4, -0.2) is 64.0 Å². The normalized spacial score (nSPS) is 23.6. The number of methoxy groups -OCH3 is 1. The molecule has 2 saturated heterocycles. The van der Waals surface area contributed by atoms with Gasteiger partial charge in [0.15, 0.2) is 9.84 Å². The van der Waals surface area contributed by atoms with E-state index in [1.54, 1.807) is 7.11 Å². The van der Waals surface area contributed by atoms with Gasteiger partial charge >= 0.3 is 0 Å². The predicted octanol–water partition coefficient (Wildman–Crippen LogP) is -0.253. The highest BCUT2D eigenvalue weighted by atomic mass is 32.2. The molecule has 2 aliphatic rings. The summed E-state index contributed by atoms with van der Waals surface area (Å²) >= 11 is 0. The molecule has 1 atom stereocenters. The largest absolute Gasteiger partial charge is 0.497 e. The van der Waals surface area contributed by atoms with Crippen LogP contribution in [0.2, 0.25) is 0 Å². The molecular formula is C18H27N2O4S+. The second-order valence-corrected chi connectivity index (χ2v) is 9.36. The van der Waals surface area contributed by atoms with Gasteiger partial charge in [0.1, 0.15) is 12.3 Å². The Hall–Kier alpha value is -1.60. The van der Waals surface area contributed by atoms with Crippen LogP contribution >= 0.6 is 0 Å². The summed E-state index contributed by atoms with van der Waals surface area (Å²) in [7, 11) is -1.24. The lowest BCUT2D eigenvalue weighted by molar-refractivity contribution is -0.917. The fourth-order valence-corrected chi connectivity index (χ4v) is 5.55. The molecule has 0 radical (unpaired) electrons. The quantitative estimate of drug-likeness (QED) is 0.779. The number of nitrogens with zero attached hydrogens (tertiary/aromatic N) is 1. The molecule has 0 spiro atoms. The lowest BCUT2D eigenvalue weighted by Gasteiger charge is -2.32. The van der Waals surface area contributed by atoms with E-state index in [1.165, 1.54) is 10.5 Å². The summed E-state index contributed by atoms with van der Waals surface area (Å²) in [6, 6.07) is 8.13. The first-order chi connectivity index (χ1) is 11.9. The van der Waals surface area contributed by atoms with Gasteiger partial charge in [-0.1, -0.05) is 0 Å². The van der Waals surface area contributed by atoms with E-state index in [1.807, 2.05) is 17.0 Å². The van der Waals surface area contributed by atoms with Crippen LogP contribution in [0.5, 0.6) is 5.75 Å². The van der Waals surface area contributed by atoms with Gasteiger partial charge in [-0.3, -0.25) is 4.79 Å². The van der Waals surface area contributed by atoms with E-state index in [9.17, 15) is 13.2 Å². The van der Waals surface area contributed by atoms with Gasteiger partial charge in [-0.15, -0.1) is 0 Å². The van der Waals surface area contributed by atoms with Crippen molar-refractivity contribution in [2.45, 2.75) is 19.4 Å². The molecule has 6 nitrogen and oxygen atoms in total. The number of hydrogen-bond acceptors (Lipinski definition) is 4. The Morgan fingerprint density at radius 2 is 1.92 bits per heavy atom. The summed E-state index contributed by atoms with van der Waals surface area (Å²) < 4.78 is 28.2. The minimum absolute atomic E-state index is 0.0159. The van der Waals surface area contributed by atoms with E-state index in [0.717, 1.165) is 38.5 Å². The van der Waals surface area contributed by atoms with Crippen LogP contribution in [0, 0.1) is 5.92 Å². The number of benzene rings is 1. The van der Waals surface area contributed by atoms with Gasteiger partial charge in [-0.25, -0.2) is 8.42 Å². The summed E-state index contributed by atoms with van der Waals surface area (Å²) in [5, 5.41) is 0. The molecule has 138 valence electrons. The molecule has 0 aromatic heterocycles. The summed E-state index contributed by atoms with van der Waals surface area (Å²) in [5.41, 5.74) is 1.27. The maximum absolute atomic E-state index is 12.4. The van der Waals surface area contributed by atoms with Crippen molar-refractivity contribution >= 4 is 15.7 Å². The van der Waals surface area contributed by atoms with Gasteiger partial charge in [-0.2, -0.15) is 0 Å². The van der Waals surface area contributed by atoms with Crippen molar-refractivity contribution in [3.63, 3.8) is 0 Å². The third-order valence-corrected chi connectivity index (χ3v) is 7.06. The Morgan fingerprint density at radius 3 is 2.48 bits per heavy atom. The van der Waals surface area contributed by atoms with Crippen LogP contribution in [-0.2, 0) is 21.2 Å². The van der Waals surface area contributed by atoms with Crippen LogP contribution < -0.4 is 9.64 Å². The zero-order valence-corrected chi connectivity index (χ0v) is 15.6. The molecule has 2 fully saturated rings. The van der Waals surface area contributed by atoms with Crippen LogP contribution in [0.1, 0.15) is 18.4 Å². The monoisotopic (exact) mass is 367 g/mol. The molecule has 1 N–H and O–H groups in total. The number of sulfone groups is 1. The van der Waals surface area contributed by atoms with Gasteiger partial charge in [0, 0.05) is 12.0 Å². The SMILES string of the molecule is COc1ccc(C[NH+]2CCN(C(=O)C[C@@H]3CCS(=O)(=O)C3)CC2)cc1. The number of rotatable bonds is 5. The van der Waals surface area contributed by atoms with Gasteiger partial charge in [0.2, 0.25) is 5.91 Å². The third kappa shape index (κ3) is 4.95. The van der Waals surface area contributed by atoms with Gasteiger partial charge in [0.05, 0.1) is 44.8 Å². The molecule has 0 aliphatic carbocycles. The van der Waals surface area contributed by atoms with Gasteiger partial charge < -0.3 is 14.5 Å². The smallest absolute Gasteiger partial charge is 0.223 e. The number of carbonyl (C=O) groups is 1. The summed E-state index contributed by atoms with van der Waals surface area (Å²) in [6.45, 7) is 4.32. The molecule has 25 heavy (non-hydrogen) atoms. The maximum atomic E-state index is 12.4. The fraction of sp³-hybridized carbons (Fsp3) is 0.611. The molecular weight excluding hydrogens is 340 g/mol. The molecule has 3 rings (SSSR count). The number of hydrogen-bond donors (Lipinski definition) is 1. The number of nitrogens with one attached hydrogen (secondary N) is 1. The molecule has 1 aromatic rings. The van der Waals surface area contributed by atoms with E-state index in [4.69, 9.17) is 4.74 Å². The van der Waals surface area contributed by atoms with Crippen molar-refractivity contribution < 1.29 is 22.8 Å². The fourth-order valence-electron chi connectivity index (χ4n) is 3.69. The number of carbonyl (C=O) groups excluding carboxylic acids is 1. The highest BCUT2D eigenvalue weighted by molar-refractivity contribution is 7.91. The number of ether oxygens (including phenoxy) is 1. The van der Waals surface area contributed by atoms with Crippen LogP contribution in [0.3, 0.4) is 0 Å². The van der Waals surface area contributed by atoms with E-state index >= 15 is 0 Å². The van der Waals surface area contributed by atoms with Crippen LogP contribution in [0.25, 0.3) is 0 Å². The second-order valence-electron chi connectivity index (χ2n) is 7.13. The summed E-state index contributed by atoms with van der Waals surface area (Å²) in [6.07, 6.45) is 1.02. The standard InChI is InChI=1S/C18H26N2O4S/c1-24-17-4-2-15(3-5-17)13-19-7-9-20(10-8-19)18(21)12-16-6-11-25(22,23)14-16/h2-5,16H,6-14H2,1H3/p+1/t16-/m0/s1. The zero-order valence-electron chi connectivity index (χ0n) is 14.7. The predicted molar refractivity (Wildman–Crippen MR) is 95.4 cm³/mol. The van der Waals surface area contributed by atoms with E-state index in [2.05, 4.69) is 12.1 Å². The zero-order chi connectivity index (χ0) is 17.9. The highest BCUT2D eigenvalue weighted by Gasteiger charge is 2.32. The molecule has 1 aromatic carbocycles. The molecule has 2 aliphatic heterocycles. The van der Waals surface area contributed by atoms with Crippen LogP contribution in [0.4, 0.5) is 0 Å². The lowest BCUT2D eigenvalue weighted by atomic mass is 10.0. The third-order valence-electron chi connectivity index (χ3n) is 5.23. The first-order valence-electron chi connectivity index (χ1n) is 8.90. The Bertz CT molecular complexity index is 694. The second kappa shape index (κ2) is 7.74. The Morgan fingerprint density at radius 1 is 1.24 bits per heavy atom. The molecule has 7 heteroatoms. The molecule has 0 saturated carbocycles. The van der Waals surface area contributed by atoms with Crippen molar-refractivity contribution in [1.29, 1.82) is 0 Å². The van der Waals surface area contributed by atoms with Gasteiger partial charge in [-0.05, 0) is 36.6 Å². The van der Waals surface area contributed by atoms with Crippen molar-refractivity contribution in [3.8, 4) is 5.75 Å². The van der Waals surface area contributed by atoms with E-state index in [-0.39, 0.29) is 23.3 Å². The maximum Gasteiger partial charge on any atom is 0.223 e. The molecule has 1 amide bonds. The minimum atomic E-state index is -2.90. The average Bonchev–Trinajstić information content (AvgIpc) is 2.94. The van der Waals surface area contributed by atoms with E-state index < -0.39 is 9.84 Å². The number of quaternary nitrogens is 1. The van der Waals surface area contributed by atoms with Crippen LogP contribution in [0.15, 0.2) is 24.3 Å². The van der Waals surface area contributed by atoms with Gasteiger partial charge in [0.25, 0.3) is 0 Å². The number of piperazine rings is 1. The first-order valence-corrected chi connectivity index (χ1v) is 10.7. The minimum Gasteiger partial charge on any atom is -0.497 e. The first kappa shape index (κ1) is 18.2. The number of amides is 1. The Balaban J connectivity index is 1.44. The van der Waals surface area contributed by atoms with Crippen molar-refractivity contribution in [2.24, 2.45) is 5.92 Å². The topological polar surface area (TPSA) is 68.1 Å². The van der Waals surface area contributed by atoms with Crippen molar-refractivity contribution in [1.82, 2.24) is 4.90 Å². The molecule has 2 heterocycles. The van der Waals surface area contributed by atoms with E-state index in [0.29, 0.717) is 12.8 Å².